The zero-order valence-corrected chi connectivity index (χ0v) is 29.2. The van der Waals surface area contributed by atoms with Crippen LogP contribution in [0.4, 0.5) is 0 Å². The molecule has 0 spiro atoms. The van der Waals surface area contributed by atoms with Crippen LogP contribution in [0.25, 0.3) is 0 Å². The molecule has 0 rings (SSSR count). The summed E-state index contributed by atoms with van der Waals surface area (Å²) in [5.41, 5.74) is 0. The van der Waals surface area contributed by atoms with Gasteiger partial charge in [0.1, 0.15) is 0 Å². The topological polar surface area (TPSA) is 55.4 Å². The standard InChI is InChI=1S/C22H50O6S5Si2/c1-9-15-23-34(24-16-10-2,25-17-11-3)21(7)29-31-33-32-30-22(8)35(26-18-12-4,27-19-13-5)28-20-14-6/h21-22H,9-20H2,1-8H3. The van der Waals surface area contributed by atoms with Crippen molar-refractivity contribution in [3.63, 3.8) is 0 Å². The molecule has 2 unspecified atom stereocenters. The molecule has 35 heavy (non-hydrogen) atoms. The first-order chi connectivity index (χ1) is 16.9. The van der Waals surface area contributed by atoms with Crippen molar-refractivity contribution in [3.05, 3.63) is 0 Å². The van der Waals surface area contributed by atoms with Crippen LogP contribution >= 0.6 is 51.1 Å². The Balaban J connectivity index is 4.96. The molecule has 0 bridgehead atoms. The molecule has 6 nitrogen and oxygen atoms in total. The SMILES string of the molecule is CCCO[Si](OCCC)(OCCC)C(C)SSSSSC(C)[Si](OCCC)(OCCC)OCCC. The van der Waals surface area contributed by atoms with Crippen molar-refractivity contribution in [2.45, 2.75) is 104 Å². The minimum atomic E-state index is -2.76. The summed E-state index contributed by atoms with van der Waals surface area (Å²) < 4.78 is 37.8. The van der Waals surface area contributed by atoms with Crippen LogP contribution < -0.4 is 0 Å². The van der Waals surface area contributed by atoms with Crippen LogP contribution in [0.15, 0.2) is 0 Å². The van der Waals surface area contributed by atoms with Gasteiger partial charge in [0.2, 0.25) is 0 Å². The second-order valence-corrected chi connectivity index (χ2v) is 23.0. The normalized spacial score (nSPS) is 14.4. The largest absolute Gasteiger partial charge is 0.515 e. The predicted octanol–water partition coefficient (Wildman–Crippen LogP) is 8.61. The average Bonchev–Trinajstić information content (AvgIpc) is 2.87. The lowest BCUT2D eigenvalue weighted by Crippen LogP contribution is -2.54. The molecule has 2 atom stereocenters. The Bertz CT molecular complexity index is 404. The molecule has 0 radical (unpaired) electrons. The highest BCUT2D eigenvalue weighted by Gasteiger charge is 2.49. The third-order valence-corrected chi connectivity index (χ3v) is 22.4. The molecule has 0 heterocycles. The molecule has 0 aromatic carbocycles. The smallest absolute Gasteiger partial charge is 0.373 e. The van der Waals surface area contributed by atoms with Crippen LogP contribution in [0.5, 0.6) is 0 Å². The summed E-state index contributed by atoms with van der Waals surface area (Å²) in [5, 5.41) is 0. The molecular weight excluding hydrogens is 577 g/mol. The average molecular weight is 627 g/mol. The van der Waals surface area contributed by atoms with E-state index >= 15 is 0 Å². The van der Waals surface area contributed by atoms with Crippen molar-refractivity contribution in [2.75, 3.05) is 39.6 Å². The van der Waals surface area contributed by atoms with Gasteiger partial charge in [0.25, 0.3) is 0 Å². The third kappa shape index (κ3) is 15.3. The van der Waals surface area contributed by atoms with E-state index in [1.54, 1.807) is 51.1 Å². The monoisotopic (exact) mass is 626 g/mol. The van der Waals surface area contributed by atoms with E-state index in [1.165, 1.54) is 0 Å². The van der Waals surface area contributed by atoms with Crippen molar-refractivity contribution >= 4 is 68.7 Å². The fraction of sp³-hybridized carbons (Fsp3) is 1.00. The van der Waals surface area contributed by atoms with E-state index in [0.29, 0.717) is 39.6 Å². The first-order valence-corrected chi connectivity index (χ1v) is 22.9. The van der Waals surface area contributed by atoms with Gasteiger partial charge in [0.05, 0.1) is 9.75 Å². The summed E-state index contributed by atoms with van der Waals surface area (Å²) in [6.07, 6.45) is 5.72. The van der Waals surface area contributed by atoms with Crippen molar-refractivity contribution in [1.29, 1.82) is 0 Å². The zero-order valence-electron chi connectivity index (χ0n) is 23.1. The highest BCUT2D eigenvalue weighted by atomic mass is 33.8. The van der Waals surface area contributed by atoms with Crippen molar-refractivity contribution in [3.8, 4) is 0 Å². The molecule has 212 valence electrons. The summed E-state index contributed by atoms with van der Waals surface area (Å²) in [4.78, 5) is 0.296. The molecule has 13 heteroatoms. The van der Waals surface area contributed by atoms with Crippen molar-refractivity contribution < 1.29 is 26.6 Å². The molecular formula is C22H50O6S5Si2. The quantitative estimate of drug-likeness (QED) is 0.0527. The maximum atomic E-state index is 6.29. The molecule has 0 aromatic rings. The lowest BCUT2D eigenvalue weighted by Gasteiger charge is -2.34. The highest BCUT2D eigenvalue weighted by Crippen LogP contribution is 2.53. The van der Waals surface area contributed by atoms with E-state index in [4.69, 9.17) is 26.6 Å². The van der Waals surface area contributed by atoms with Crippen molar-refractivity contribution in [2.24, 2.45) is 0 Å². The van der Waals surface area contributed by atoms with Crippen LogP contribution in [0.1, 0.15) is 93.9 Å². The Kier molecular flexibility index (Phi) is 25.1. The minimum absolute atomic E-state index is 0.148. The summed E-state index contributed by atoms with van der Waals surface area (Å²) in [6, 6.07) is 0. The zero-order chi connectivity index (χ0) is 26.4. The van der Waals surface area contributed by atoms with E-state index in [-0.39, 0.29) is 9.75 Å². The molecule has 0 aliphatic carbocycles. The van der Waals surface area contributed by atoms with Gasteiger partial charge in [0.15, 0.2) is 0 Å². The Morgan fingerprint density at radius 1 is 0.429 bits per heavy atom. The van der Waals surface area contributed by atoms with Crippen LogP contribution in [0.2, 0.25) is 0 Å². The van der Waals surface area contributed by atoms with E-state index < -0.39 is 17.6 Å². The van der Waals surface area contributed by atoms with Gasteiger partial charge in [-0.2, -0.15) is 0 Å². The molecule has 0 saturated heterocycles. The maximum Gasteiger partial charge on any atom is 0.515 e. The second kappa shape index (κ2) is 23.8. The van der Waals surface area contributed by atoms with Gasteiger partial charge in [-0.05, 0) is 81.9 Å². The molecule has 0 amide bonds. The van der Waals surface area contributed by atoms with Gasteiger partial charge in [-0.15, -0.1) is 0 Å². The number of rotatable bonds is 26. The summed E-state index contributed by atoms with van der Waals surface area (Å²) in [5.74, 6) is 0. The molecule has 0 saturated carbocycles. The van der Waals surface area contributed by atoms with E-state index in [9.17, 15) is 0 Å². The van der Waals surface area contributed by atoms with Crippen LogP contribution in [0, 0.1) is 0 Å². The summed E-state index contributed by atoms with van der Waals surface area (Å²) in [6.45, 7) is 21.1. The Labute approximate surface area is 237 Å². The van der Waals surface area contributed by atoms with Crippen LogP contribution in [-0.2, 0) is 26.6 Å². The fourth-order valence-corrected chi connectivity index (χ4v) is 22.3. The summed E-state index contributed by atoms with van der Waals surface area (Å²) in [7, 11) is 3.32. The Morgan fingerprint density at radius 3 is 0.857 bits per heavy atom. The van der Waals surface area contributed by atoms with Gasteiger partial charge < -0.3 is 26.6 Å². The first-order valence-electron chi connectivity index (χ1n) is 13.1. The highest BCUT2D eigenvalue weighted by molar-refractivity contribution is 9.35. The van der Waals surface area contributed by atoms with E-state index in [1.807, 2.05) is 0 Å². The Hall–Kier alpha value is 1.94. The molecule has 0 aliphatic heterocycles. The second-order valence-electron chi connectivity index (χ2n) is 7.98. The predicted molar refractivity (Wildman–Crippen MR) is 166 cm³/mol. The number of hydrogen-bond donors (Lipinski definition) is 0. The van der Waals surface area contributed by atoms with Gasteiger partial charge in [-0.25, -0.2) is 0 Å². The maximum absolute atomic E-state index is 6.29. The lowest BCUT2D eigenvalue weighted by molar-refractivity contribution is 0.0582. The molecule has 0 fully saturated rings. The van der Waals surface area contributed by atoms with E-state index in [2.05, 4.69) is 55.4 Å². The molecule has 0 aliphatic rings. The summed E-state index contributed by atoms with van der Waals surface area (Å²) >= 11 is 0. The lowest BCUT2D eigenvalue weighted by atomic mass is 10.5. The van der Waals surface area contributed by atoms with Crippen molar-refractivity contribution in [1.82, 2.24) is 0 Å². The van der Waals surface area contributed by atoms with E-state index in [0.717, 1.165) is 38.5 Å². The van der Waals surface area contributed by atoms with Crippen LogP contribution in [0.3, 0.4) is 0 Å². The molecule has 0 N–H and O–H groups in total. The van der Waals surface area contributed by atoms with Gasteiger partial charge >= 0.3 is 17.6 Å². The van der Waals surface area contributed by atoms with Gasteiger partial charge in [-0.3, -0.25) is 0 Å². The first kappa shape index (κ1) is 36.9. The van der Waals surface area contributed by atoms with Crippen LogP contribution in [-0.4, -0.2) is 67.0 Å². The third-order valence-electron chi connectivity index (χ3n) is 4.46. The minimum Gasteiger partial charge on any atom is -0.373 e. The van der Waals surface area contributed by atoms with Gasteiger partial charge in [0, 0.05) is 39.6 Å². The number of hydrogen-bond acceptors (Lipinski definition) is 11. The fourth-order valence-electron chi connectivity index (χ4n) is 2.70. The Morgan fingerprint density at radius 2 is 0.657 bits per heavy atom. The molecule has 0 aromatic heterocycles. The van der Waals surface area contributed by atoms with Gasteiger partial charge in [-0.1, -0.05) is 63.1 Å².